The number of nitrogens with zero attached hydrogens (tertiary/aromatic N) is 4. The summed E-state index contributed by atoms with van der Waals surface area (Å²) in [5.74, 6) is -0.000658. The van der Waals surface area contributed by atoms with Crippen LogP contribution < -0.4 is 5.56 Å². The molecule has 8 heteroatoms. The van der Waals surface area contributed by atoms with Crippen molar-refractivity contribution in [1.82, 2.24) is 24.4 Å². The number of hydrogen-bond donors (Lipinski definition) is 1. The number of rotatable bonds is 3. The Morgan fingerprint density at radius 2 is 1.63 bits per heavy atom. The number of aromatic nitrogens is 3. The number of aromatic amines is 1. The smallest absolute Gasteiger partial charge is 0.266 e. The van der Waals surface area contributed by atoms with Crippen LogP contribution in [0.25, 0.3) is 5.65 Å². The maximum Gasteiger partial charge on any atom is 0.266 e. The van der Waals surface area contributed by atoms with Crippen LogP contribution in [0.15, 0.2) is 35.1 Å². The molecule has 2 amide bonds. The van der Waals surface area contributed by atoms with Gasteiger partial charge in [0, 0.05) is 54.8 Å². The van der Waals surface area contributed by atoms with Gasteiger partial charge in [-0.15, -0.1) is 0 Å². The molecule has 1 fully saturated rings. The van der Waals surface area contributed by atoms with E-state index in [1.807, 2.05) is 45.0 Å². The molecule has 0 radical (unpaired) electrons. The predicted molar refractivity (Wildman–Crippen MR) is 113 cm³/mol. The van der Waals surface area contributed by atoms with Gasteiger partial charge in [0.25, 0.3) is 11.5 Å². The summed E-state index contributed by atoms with van der Waals surface area (Å²) in [6.07, 6.45) is 0.215. The van der Waals surface area contributed by atoms with Crippen molar-refractivity contribution in [2.45, 2.75) is 27.2 Å². The average molecular weight is 407 g/mol. The molecule has 0 saturated carbocycles. The van der Waals surface area contributed by atoms with Gasteiger partial charge in [-0.3, -0.25) is 19.5 Å². The van der Waals surface area contributed by atoms with Crippen molar-refractivity contribution in [3.63, 3.8) is 0 Å². The molecule has 0 unspecified atom stereocenters. The SMILES string of the molecule is Cc1ccc(C(=O)N2CCN(C(=O)Cc3c(C)nc4cc(=O)[nH]n4c3C)CC2)cc1. The maximum atomic E-state index is 12.9. The van der Waals surface area contributed by atoms with Gasteiger partial charge in [0.1, 0.15) is 0 Å². The Kier molecular flexibility index (Phi) is 5.15. The van der Waals surface area contributed by atoms with Crippen molar-refractivity contribution in [2.75, 3.05) is 26.2 Å². The zero-order valence-electron chi connectivity index (χ0n) is 17.4. The lowest BCUT2D eigenvalue weighted by Gasteiger charge is -2.35. The van der Waals surface area contributed by atoms with Gasteiger partial charge in [0.2, 0.25) is 5.91 Å². The van der Waals surface area contributed by atoms with Crippen LogP contribution in [0, 0.1) is 20.8 Å². The van der Waals surface area contributed by atoms with E-state index in [1.165, 1.54) is 6.07 Å². The van der Waals surface area contributed by atoms with Gasteiger partial charge in [0.15, 0.2) is 5.65 Å². The first-order chi connectivity index (χ1) is 14.3. The first-order valence-corrected chi connectivity index (χ1v) is 10.0. The molecular formula is C22H25N5O3. The highest BCUT2D eigenvalue weighted by molar-refractivity contribution is 5.94. The lowest BCUT2D eigenvalue weighted by molar-refractivity contribution is -0.131. The quantitative estimate of drug-likeness (QED) is 0.712. The Bertz CT molecular complexity index is 1170. The van der Waals surface area contributed by atoms with Crippen molar-refractivity contribution in [3.8, 4) is 0 Å². The largest absolute Gasteiger partial charge is 0.339 e. The van der Waals surface area contributed by atoms with Gasteiger partial charge in [-0.2, -0.15) is 0 Å². The van der Waals surface area contributed by atoms with E-state index in [0.717, 1.165) is 22.5 Å². The first-order valence-electron chi connectivity index (χ1n) is 10.0. The molecular weight excluding hydrogens is 382 g/mol. The number of nitrogens with one attached hydrogen (secondary N) is 1. The summed E-state index contributed by atoms with van der Waals surface area (Å²) in [6, 6.07) is 8.99. The highest BCUT2D eigenvalue weighted by Gasteiger charge is 2.26. The van der Waals surface area contributed by atoms with Crippen LogP contribution in [-0.4, -0.2) is 62.4 Å². The zero-order valence-corrected chi connectivity index (χ0v) is 17.4. The second kappa shape index (κ2) is 7.78. The second-order valence-electron chi connectivity index (χ2n) is 7.79. The average Bonchev–Trinajstić information content (AvgIpc) is 3.11. The molecule has 4 rings (SSSR count). The minimum atomic E-state index is -0.220. The fourth-order valence-electron chi connectivity index (χ4n) is 3.91. The normalized spacial score (nSPS) is 14.4. The topological polar surface area (TPSA) is 90.8 Å². The molecule has 30 heavy (non-hydrogen) atoms. The molecule has 2 aromatic heterocycles. The lowest BCUT2D eigenvalue weighted by atomic mass is 10.1. The number of piperazine rings is 1. The van der Waals surface area contributed by atoms with Crippen LogP contribution in [0.4, 0.5) is 0 Å². The minimum absolute atomic E-state index is 0.00000147. The van der Waals surface area contributed by atoms with Crippen LogP contribution in [0.3, 0.4) is 0 Å². The highest BCUT2D eigenvalue weighted by atomic mass is 16.2. The van der Waals surface area contributed by atoms with Crippen molar-refractivity contribution in [3.05, 3.63) is 68.8 Å². The molecule has 0 aliphatic carbocycles. The Labute approximate surface area is 174 Å². The minimum Gasteiger partial charge on any atom is -0.339 e. The van der Waals surface area contributed by atoms with E-state index in [1.54, 1.807) is 14.3 Å². The van der Waals surface area contributed by atoms with Crippen LogP contribution in [-0.2, 0) is 11.2 Å². The lowest BCUT2D eigenvalue weighted by Crippen LogP contribution is -2.51. The van der Waals surface area contributed by atoms with Gasteiger partial charge in [-0.25, -0.2) is 9.50 Å². The van der Waals surface area contributed by atoms with E-state index in [9.17, 15) is 14.4 Å². The van der Waals surface area contributed by atoms with Crippen molar-refractivity contribution < 1.29 is 9.59 Å². The molecule has 8 nitrogen and oxygen atoms in total. The Morgan fingerprint density at radius 3 is 2.30 bits per heavy atom. The second-order valence-corrected chi connectivity index (χ2v) is 7.79. The Balaban J connectivity index is 1.42. The van der Waals surface area contributed by atoms with Crippen molar-refractivity contribution in [2.24, 2.45) is 0 Å². The summed E-state index contributed by atoms with van der Waals surface area (Å²) >= 11 is 0. The van der Waals surface area contributed by atoms with Crippen LogP contribution in [0.1, 0.15) is 32.9 Å². The Hall–Kier alpha value is -3.42. The monoisotopic (exact) mass is 407 g/mol. The summed E-state index contributed by atoms with van der Waals surface area (Å²) in [6.45, 7) is 7.75. The van der Waals surface area contributed by atoms with Crippen LogP contribution in [0.2, 0.25) is 0 Å². The fourth-order valence-corrected chi connectivity index (χ4v) is 3.91. The first kappa shape index (κ1) is 19.9. The van der Waals surface area contributed by atoms with Crippen molar-refractivity contribution in [1.29, 1.82) is 0 Å². The third-order valence-corrected chi connectivity index (χ3v) is 5.75. The van der Waals surface area contributed by atoms with Gasteiger partial charge in [-0.05, 0) is 32.9 Å². The van der Waals surface area contributed by atoms with Gasteiger partial charge in [0.05, 0.1) is 6.42 Å². The molecule has 1 aliphatic rings. The summed E-state index contributed by atoms with van der Waals surface area (Å²) in [4.78, 5) is 45.2. The molecule has 3 heterocycles. The molecule has 1 saturated heterocycles. The number of aryl methyl sites for hydroxylation is 3. The van der Waals surface area contributed by atoms with Gasteiger partial charge < -0.3 is 9.80 Å². The number of hydrogen-bond acceptors (Lipinski definition) is 4. The third-order valence-electron chi connectivity index (χ3n) is 5.75. The number of carbonyl (C=O) groups excluding carboxylic acids is 2. The molecule has 1 aromatic carbocycles. The molecule has 3 aromatic rings. The predicted octanol–water partition coefficient (Wildman–Crippen LogP) is 1.47. The number of benzene rings is 1. The molecule has 156 valence electrons. The van der Waals surface area contributed by atoms with Gasteiger partial charge in [-0.1, -0.05) is 17.7 Å². The summed E-state index contributed by atoms with van der Waals surface area (Å²) in [7, 11) is 0. The standard InChI is InChI=1S/C22H25N5O3/c1-14-4-6-17(7-5-14)22(30)26-10-8-25(9-11-26)21(29)12-18-15(2)23-19-13-20(28)24-27(19)16(18)3/h4-7,13H,8-12H2,1-3H3,(H,24,28). The van der Waals surface area contributed by atoms with E-state index < -0.39 is 0 Å². The molecule has 0 spiro atoms. The molecule has 1 N–H and O–H groups in total. The van der Waals surface area contributed by atoms with Gasteiger partial charge >= 0.3 is 0 Å². The van der Waals surface area contributed by atoms with E-state index in [-0.39, 0.29) is 23.8 Å². The molecule has 1 aliphatic heterocycles. The van der Waals surface area contributed by atoms with Crippen LogP contribution >= 0.6 is 0 Å². The van der Waals surface area contributed by atoms with E-state index in [2.05, 4.69) is 10.1 Å². The van der Waals surface area contributed by atoms with E-state index in [0.29, 0.717) is 37.4 Å². The number of H-pyrrole nitrogens is 1. The molecule has 0 bridgehead atoms. The Morgan fingerprint density at radius 1 is 1.00 bits per heavy atom. The third kappa shape index (κ3) is 3.72. The maximum absolute atomic E-state index is 12.9. The summed E-state index contributed by atoms with van der Waals surface area (Å²) in [5, 5.41) is 2.71. The summed E-state index contributed by atoms with van der Waals surface area (Å²) in [5.41, 5.74) is 4.49. The summed E-state index contributed by atoms with van der Waals surface area (Å²) < 4.78 is 1.62. The van der Waals surface area contributed by atoms with E-state index in [4.69, 9.17) is 0 Å². The highest BCUT2D eigenvalue weighted by Crippen LogP contribution is 2.16. The number of fused-ring (bicyclic) bond motifs is 1. The van der Waals surface area contributed by atoms with E-state index >= 15 is 0 Å². The zero-order chi connectivity index (χ0) is 21.4. The fraction of sp³-hybridized carbons (Fsp3) is 0.364. The van der Waals surface area contributed by atoms with Crippen molar-refractivity contribution >= 4 is 17.5 Å². The number of amides is 2. The molecule has 0 atom stereocenters. The number of carbonyl (C=O) groups is 2. The van der Waals surface area contributed by atoms with Crippen LogP contribution in [0.5, 0.6) is 0 Å².